The van der Waals surface area contributed by atoms with Crippen LogP contribution < -0.4 is 10.3 Å². The maximum absolute atomic E-state index is 12.1. The van der Waals surface area contributed by atoms with Gasteiger partial charge in [-0.2, -0.15) is 5.10 Å². The van der Waals surface area contributed by atoms with E-state index in [1.165, 1.54) is 10.2 Å². The fraction of sp³-hybridized carbons (Fsp3) is 0.158. The lowest BCUT2D eigenvalue weighted by Crippen LogP contribution is -2.22. The second kappa shape index (κ2) is 6.13. The van der Waals surface area contributed by atoms with E-state index < -0.39 is 0 Å². The second-order valence-corrected chi connectivity index (χ2v) is 6.20. The molecule has 0 amide bonds. The zero-order valence-corrected chi connectivity index (χ0v) is 13.7. The van der Waals surface area contributed by atoms with Crippen molar-refractivity contribution in [2.45, 2.75) is 13.0 Å². The van der Waals surface area contributed by atoms with Crippen molar-refractivity contribution in [3.63, 3.8) is 0 Å². The lowest BCUT2D eigenvalue weighted by Gasteiger charge is -2.08. The molecule has 0 N–H and O–H groups in total. The van der Waals surface area contributed by atoms with Gasteiger partial charge in [-0.3, -0.25) is 4.79 Å². The van der Waals surface area contributed by atoms with Gasteiger partial charge in [-0.25, -0.2) is 4.68 Å². The molecule has 0 aliphatic carbocycles. The van der Waals surface area contributed by atoms with Gasteiger partial charge in [0.2, 0.25) is 0 Å². The summed E-state index contributed by atoms with van der Waals surface area (Å²) in [6.07, 6.45) is 0.910. The van der Waals surface area contributed by atoms with E-state index in [0.29, 0.717) is 11.6 Å². The highest BCUT2D eigenvalue weighted by Gasteiger charge is 2.13. The molecule has 5 heteroatoms. The molecule has 2 heterocycles. The summed E-state index contributed by atoms with van der Waals surface area (Å²) in [6, 6.07) is 16.8. The molecule has 0 saturated heterocycles. The lowest BCUT2D eigenvalue weighted by atomic mass is 10.1. The topological polar surface area (TPSA) is 44.1 Å². The molecule has 0 atom stereocenters. The molecule has 1 aliphatic heterocycles. The molecule has 1 aliphatic rings. The molecule has 120 valence electrons. The van der Waals surface area contributed by atoms with Crippen LogP contribution in [0.1, 0.15) is 11.1 Å². The number of hydrogen-bond acceptors (Lipinski definition) is 3. The van der Waals surface area contributed by atoms with Crippen LogP contribution in [0.3, 0.4) is 0 Å². The van der Waals surface area contributed by atoms with Gasteiger partial charge in [-0.15, -0.1) is 0 Å². The molecule has 0 saturated carbocycles. The Kier molecular flexibility index (Phi) is 3.82. The third-order valence-electron chi connectivity index (χ3n) is 4.10. The van der Waals surface area contributed by atoms with Crippen molar-refractivity contribution >= 4 is 11.6 Å². The van der Waals surface area contributed by atoms with Crippen LogP contribution in [0.5, 0.6) is 5.75 Å². The highest BCUT2D eigenvalue weighted by molar-refractivity contribution is 6.30. The molecule has 0 bridgehead atoms. The van der Waals surface area contributed by atoms with Crippen molar-refractivity contribution < 1.29 is 4.74 Å². The Morgan fingerprint density at radius 1 is 1.08 bits per heavy atom. The molecule has 2 aromatic carbocycles. The monoisotopic (exact) mass is 338 g/mol. The van der Waals surface area contributed by atoms with Crippen molar-refractivity contribution in [3.05, 3.63) is 81.1 Å². The Bertz CT molecular complexity index is 948. The zero-order chi connectivity index (χ0) is 16.5. The fourth-order valence-corrected chi connectivity index (χ4v) is 2.95. The molecule has 24 heavy (non-hydrogen) atoms. The first kappa shape index (κ1) is 15.0. The van der Waals surface area contributed by atoms with Crippen LogP contribution >= 0.6 is 11.6 Å². The Morgan fingerprint density at radius 2 is 1.92 bits per heavy atom. The van der Waals surface area contributed by atoms with Crippen LogP contribution in [0.2, 0.25) is 5.02 Å². The summed E-state index contributed by atoms with van der Waals surface area (Å²) in [7, 11) is 0. The van der Waals surface area contributed by atoms with Gasteiger partial charge in [0.15, 0.2) is 0 Å². The Hall–Kier alpha value is -2.59. The normalized spacial score (nSPS) is 12.7. The molecular weight excluding hydrogens is 324 g/mol. The highest BCUT2D eigenvalue weighted by atomic mass is 35.5. The average Bonchev–Trinajstić information content (AvgIpc) is 3.06. The first-order chi connectivity index (χ1) is 11.7. The highest BCUT2D eigenvalue weighted by Crippen LogP contribution is 2.29. The summed E-state index contributed by atoms with van der Waals surface area (Å²) >= 11 is 5.90. The zero-order valence-electron chi connectivity index (χ0n) is 12.9. The first-order valence-electron chi connectivity index (χ1n) is 7.78. The minimum atomic E-state index is -0.127. The van der Waals surface area contributed by atoms with E-state index in [1.54, 1.807) is 12.1 Å². The third kappa shape index (κ3) is 2.93. The van der Waals surface area contributed by atoms with Gasteiger partial charge < -0.3 is 4.74 Å². The molecule has 0 spiro atoms. The Labute approximate surface area is 144 Å². The molecule has 0 fully saturated rings. The van der Waals surface area contributed by atoms with E-state index in [1.807, 2.05) is 36.4 Å². The van der Waals surface area contributed by atoms with Crippen molar-refractivity contribution in [2.75, 3.05) is 6.61 Å². The van der Waals surface area contributed by atoms with Crippen molar-refractivity contribution in [1.82, 2.24) is 9.78 Å². The number of ether oxygens (including phenoxy) is 1. The van der Waals surface area contributed by atoms with Crippen LogP contribution in [0.4, 0.5) is 0 Å². The van der Waals surface area contributed by atoms with E-state index in [2.05, 4.69) is 11.2 Å². The summed E-state index contributed by atoms with van der Waals surface area (Å²) in [6.45, 7) is 1.14. The lowest BCUT2D eigenvalue weighted by molar-refractivity contribution is 0.357. The number of benzene rings is 2. The van der Waals surface area contributed by atoms with E-state index in [9.17, 15) is 4.79 Å². The van der Waals surface area contributed by atoms with Crippen LogP contribution in [0.15, 0.2) is 59.4 Å². The fourth-order valence-electron chi connectivity index (χ4n) is 2.82. The quantitative estimate of drug-likeness (QED) is 0.733. The maximum atomic E-state index is 12.1. The number of nitrogens with zero attached hydrogens (tertiary/aromatic N) is 2. The molecular formula is C19H15ClN2O2. The van der Waals surface area contributed by atoms with E-state index in [0.717, 1.165) is 35.6 Å². The number of rotatable bonds is 3. The van der Waals surface area contributed by atoms with Crippen molar-refractivity contribution in [3.8, 4) is 17.0 Å². The van der Waals surface area contributed by atoms with Crippen LogP contribution in [0, 0.1) is 0 Å². The van der Waals surface area contributed by atoms with Gasteiger partial charge in [0.25, 0.3) is 5.56 Å². The second-order valence-electron chi connectivity index (χ2n) is 5.76. The number of aromatic nitrogens is 2. The smallest absolute Gasteiger partial charge is 0.267 e. The maximum Gasteiger partial charge on any atom is 0.267 e. The summed E-state index contributed by atoms with van der Waals surface area (Å²) in [5.41, 5.74) is 3.80. The SMILES string of the molecule is O=c1ccc(-c2ccc3c(c2)CCO3)nn1Cc1ccc(Cl)cc1. The summed E-state index contributed by atoms with van der Waals surface area (Å²) in [5.74, 6) is 0.938. The predicted molar refractivity (Wildman–Crippen MR) is 93.7 cm³/mol. The van der Waals surface area contributed by atoms with Crippen molar-refractivity contribution in [1.29, 1.82) is 0 Å². The van der Waals surface area contributed by atoms with Crippen LogP contribution in [0.25, 0.3) is 11.3 Å². The van der Waals surface area contributed by atoms with Gasteiger partial charge in [0.05, 0.1) is 18.8 Å². The number of halogens is 1. The molecule has 3 aromatic rings. The van der Waals surface area contributed by atoms with E-state index >= 15 is 0 Å². The number of hydrogen-bond donors (Lipinski definition) is 0. The molecule has 1 aromatic heterocycles. The standard InChI is InChI=1S/C19H15ClN2O2/c20-16-4-1-13(2-5-16)12-22-19(23)8-6-17(21-22)14-3-7-18-15(11-14)9-10-24-18/h1-8,11H,9-10,12H2. The molecule has 4 rings (SSSR count). The van der Waals surface area contributed by atoms with Gasteiger partial charge in [-0.1, -0.05) is 23.7 Å². The largest absolute Gasteiger partial charge is 0.493 e. The van der Waals surface area contributed by atoms with E-state index in [4.69, 9.17) is 16.3 Å². The summed E-state index contributed by atoms with van der Waals surface area (Å²) in [5, 5.41) is 5.19. The van der Waals surface area contributed by atoms with Gasteiger partial charge in [-0.05, 0) is 47.5 Å². The Morgan fingerprint density at radius 3 is 2.75 bits per heavy atom. The minimum Gasteiger partial charge on any atom is -0.493 e. The predicted octanol–water partition coefficient (Wildman–Crippen LogP) is 3.55. The average molecular weight is 339 g/mol. The third-order valence-corrected chi connectivity index (χ3v) is 4.35. The van der Waals surface area contributed by atoms with Gasteiger partial charge >= 0.3 is 0 Å². The van der Waals surface area contributed by atoms with Crippen molar-refractivity contribution in [2.24, 2.45) is 0 Å². The molecule has 0 unspecified atom stereocenters. The number of fused-ring (bicyclic) bond motifs is 1. The summed E-state index contributed by atoms with van der Waals surface area (Å²) in [4.78, 5) is 12.1. The first-order valence-corrected chi connectivity index (χ1v) is 8.15. The summed E-state index contributed by atoms with van der Waals surface area (Å²) < 4.78 is 7.01. The Balaban J connectivity index is 1.68. The van der Waals surface area contributed by atoms with Crippen LogP contribution in [-0.4, -0.2) is 16.4 Å². The van der Waals surface area contributed by atoms with Gasteiger partial charge in [0.1, 0.15) is 5.75 Å². The van der Waals surface area contributed by atoms with E-state index in [-0.39, 0.29) is 5.56 Å². The van der Waals surface area contributed by atoms with Crippen LogP contribution in [-0.2, 0) is 13.0 Å². The molecule has 4 nitrogen and oxygen atoms in total. The molecule has 0 radical (unpaired) electrons. The van der Waals surface area contributed by atoms with Gasteiger partial charge in [0, 0.05) is 23.1 Å². The minimum absolute atomic E-state index is 0.127.